The van der Waals surface area contributed by atoms with Gasteiger partial charge in [0.2, 0.25) is 0 Å². The first kappa shape index (κ1) is 26.3. The first-order valence-electron chi connectivity index (χ1n) is 16.3. The SMILES string of the molecule is C1=CC2N=C(c3ccc(-c4ccc5c(c4)C4(c6ccccc6O5)c5ccccc5-c5ccccc54)cc3)N(c3ccccc3)C2C=C1. The molecule has 0 fully saturated rings. The minimum atomic E-state index is -0.473. The summed E-state index contributed by atoms with van der Waals surface area (Å²) >= 11 is 0. The van der Waals surface area contributed by atoms with Crippen LogP contribution in [0.15, 0.2) is 175 Å². The summed E-state index contributed by atoms with van der Waals surface area (Å²) in [4.78, 5) is 7.57. The molecule has 0 saturated heterocycles. The average Bonchev–Trinajstić information content (AvgIpc) is 3.67. The Bertz CT molecular complexity index is 2250. The van der Waals surface area contributed by atoms with Gasteiger partial charge >= 0.3 is 0 Å². The number of para-hydroxylation sites is 2. The fourth-order valence-electron chi connectivity index (χ4n) is 8.23. The van der Waals surface area contributed by atoms with Crippen LogP contribution in [-0.2, 0) is 5.41 Å². The summed E-state index contributed by atoms with van der Waals surface area (Å²) in [5, 5.41) is 0. The van der Waals surface area contributed by atoms with Crippen LogP contribution < -0.4 is 9.64 Å². The third-order valence-corrected chi connectivity index (χ3v) is 10.2. The van der Waals surface area contributed by atoms with Gasteiger partial charge in [0.25, 0.3) is 0 Å². The molecule has 3 nitrogen and oxygen atoms in total. The zero-order valence-corrected chi connectivity index (χ0v) is 25.6. The molecule has 0 bridgehead atoms. The highest BCUT2D eigenvalue weighted by Gasteiger charge is 2.51. The molecule has 2 heterocycles. The van der Waals surface area contributed by atoms with Crippen LogP contribution in [0.25, 0.3) is 22.3 Å². The van der Waals surface area contributed by atoms with E-state index in [1.807, 2.05) is 0 Å². The maximum Gasteiger partial charge on any atom is 0.136 e. The van der Waals surface area contributed by atoms with Crippen LogP contribution in [-0.4, -0.2) is 17.9 Å². The second-order valence-corrected chi connectivity index (χ2v) is 12.6. The highest BCUT2D eigenvalue weighted by Crippen LogP contribution is 2.62. The van der Waals surface area contributed by atoms with E-state index >= 15 is 0 Å². The number of amidine groups is 1. The van der Waals surface area contributed by atoms with Gasteiger partial charge in [0.1, 0.15) is 17.3 Å². The van der Waals surface area contributed by atoms with Crippen LogP contribution in [0.4, 0.5) is 5.69 Å². The number of hydrogen-bond donors (Lipinski definition) is 0. The van der Waals surface area contributed by atoms with Crippen molar-refractivity contribution in [2.24, 2.45) is 4.99 Å². The van der Waals surface area contributed by atoms with Crippen LogP contribution >= 0.6 is 0 Å². The van der Waals surface area contributed by atoms with E-state index in [1.54, 1.807) is 0 Å². The van der Waals surface area contributed by atoms with Crippen molar-refractivity contribution in [1.82, 2.24) is 0 Å². The summed E-state index contributed by atoms with van der Waals surface area (Å²) in [6.07, 6.45) is 8.69. The molecule has 10 rings (SSSR count). The smallest absolute Gasteiger partial charge is 0.136 e. The summed E-state index contributed by atoms with van der Waals surface area (Å²) in [6, 6.07) is 52.7. The van der Waals surface area contributed by atoms with Gasteiger partial charge in [-0.1, -0.05) is 140 Å². The first-order chi connectivity index (χ1) is 23.3. The molecule has 2 aliphatic heterocycles. The van der Waals surface area contributed by atoms with E-state index in [0.717, 1.165) is 39.7 Å². The van der Waals surface area contributed by atoms with Gasteiger partial charge in [-0.3, -0.25) is 4.99 Å². The molecule has 2 unspecified atom stereocenters. The Balaban J connectivity index is 1.11. The van der Waals surface area contributed by atoms with Gasteiger partial charge in [-0.2, -0.15) is 0 Å². The summed E-state index contributed by atoms with van der Waals surface area (Å²) in [7, 11) is 0. The molecule has 0 saturated carbocycles. The van der Waals surface area contributed by atoms with E-state index in [0.29, 0.717) is 0 Å². The van der Waals surface area contributed by atoms with Gasteiger partial charge in [0.05, 0.1) is 17.5 Å². The van der Waals surface area contributed by atoms with Crippen molar-refractivity contribution >= 4 is 11.5 Å². The van der Waals surface area contributed by atoms with Crippen molar-refractivity contribution < 1.29 is 4.74 Å². The van der Waals surface area contributed by atoms with Crippen LogP contribution in [0.5, 0.6) is 11.5 Å². The molecule has 0 radical (unpaired) electrons. The Morgan fingerprint density at radius 3 is 1.87 bits per heavy atom. The number of anilines is 1. The van der Waals surface area contributed by atoms with E-state index in [-0.39, 0.29) is 12.1 Å². The molecule has 3 heteroatoms. The predicted octanol–water partition coefficient (Wildman–Crippen LogP) is 9.95. The maximum absolute atomic E-state index is 6.64. The Kier molecular flexibility index (Phi) is 5.62. The minimum Gasteiger partial charge on any atom is -0.457 e. The minimum absolute atomic E-state index is 0.103. The molecule has 0 amide bonds. The topological polar surface area (TPSA) is 24.8 Å². The van der Waals surface area contributed by atoms with Gasteiger partial charge < -0.3 is 9.64 Å². The standard InChI is InChI=1S/C44H30N2O/c1-2-12-32(13-3-1)46-40-20-10-9-19-39(40)45-43(46)30-24-22-29(23-25-30)31-26-27-42-38(28-31)44(37-18-8-11-21-41(37)47-42)35-16-6-4-14-33(35)34-15-5-7-17-36(34)44/h1-28,39-40H. The lowest BCUT2D eigenvalue weighted by atomic mass is 9.66. The zero-order chi connectivity index (χ0) is 31.0. The second-order valence-electron chi connectivity index (χ2n) is 12.6. The third kappa shape index (κ3) is 3.71. The zero-order valence-electron chi connectivity index (χ0n) is 25.6. The summed E-state index contributed by atoms with van der Waals surface area (Å²) in [6.45, 7) is 0. The number of aliphatic imine (C=N–C) groups is 1. The number of fused-ring (bicyclic) bond motifs is 10. The Hall–Kier alpha value is -5.93. The molecule has 2 atom stereocenters. The van der Waals surface area contributed by atoms with Gasteiger partial charge in [-0.15, -0.1) is 0 Å². The van der Waals surface area contributed by atoms with Crippen molar-refractivity contribution in [3.8, 4) is 33.8 Å². The number of benzene rings is 6. The lowest BCUT2D eigenvalue weighted by molar-refractivity contribution is 0.436. The van der Waals surface area contributed by atoms with Crippen molar-refractivity contribution in [1.29, 1.82) is 0 Å². The van der Waals surface area contributed by atoms with Crippen molar-refractivity contribution in [3.63, 3.8) is 0 Å². The molecule has 222 valence electrons. The molecular formula is C44H30N2O. The molecule has 6 aromatic carbocycles. The van der Waals surface area contributed by atoms with E-state index in [4.69, 9.17) is 9.73 Å². The van der Waals surface area contributed by atoms with Crippen molar-refractivity contribution in [2.75, 3.05) is 4.90 Å². The van der Waals surface area contributed by atoms with Crippen molar-refractivity contribution in [3.05, 3.63) is 198 Å². The highest BCUT2D eigenvalue weighted by molar-refractivity contribution is 6.12. The second kappa shape index (κ2) is 10.0. The number of nitrogens with zero attached hydrogens (tertiary/aromatic N) is 2. The maximum atomic E-state index is 6.64. The summed E-state index contributed by atoms with van der Waals surface area (Å²) in [5.41, 5.74) is 11.6. The van der Waals surface area contributed by atoms with Gasteiger partial charge in [-0.25, -0.2) is 0 Å². The van der Waals surface area contributed by atoms with E-state index in [2.05, 4.69) is 175 Å². The molecule has 2 aliphatic carbocycles. The van der Waals surface area contributed by atoms with Crippen molar-refractivity contribution in [2.45, 2.75) is 17.5 Å². The fourth-order valence-corrected chi connectivity index (χ4v) is 8.23. The Labute approximate surface area is 274 Å². The molecule has 4 aliphatic rings. The highest BCUT2D eigenvalue weighted by atomic mass is 16.5. The normalized spacial score (nSPS) is 18.9. The van der Waals surface area contributed by atoms with Gasteiger partial charge in [0, 0.05) is 22.4 Å². The van der Waals surface area contributed by atoms with Gasteiger partial charge in [-0.05, 0) is 63.7 Å². The van der Waals surface area contributed by atoms with E-state index in [1.165, 1.54) is 33.4 Å². The Morgan fingerprint density at radius 1 is 0.511 bits per heavy atom. The molecule has 0 N–H and O–H groups in total. The van der Waals surface area contributed by atoms with E-state index in [9.17, 15) is 0 Å². The van der Waals surface area contributed by atoms with Crippen LogP contribution in [0, 0.1) is 0 Å². The fraction of sp³-hybridized carbons (Fsp3) is 0.0682. The molecule has 0 aromatic heterocycles. The molecule has 1 spiro atoms. The average molecular weight is 603 g/mol. The van der Waals surface area contributed by atoms with E-state index < -0.39 is 5.41 Å². The number of hydrogen-bond acceptors (Lipinski definition) is 3. The summed E-state index contributed by atoms with van der Waals surface area (Å²) in [5.74, 6) is 2.81. The number of allylic oxidation sites excluding steroid dienone is 2. The number of ether oxygens (including phenoxy) is 1. The Morgan fingerprint density at radius 2 is 1.11 bits per heavy atom. The monoisotopic (exact) mass is 602 g/mol. The number of rotatable bonds is 3. The van der Waals surface area contributed by atoms with Crippen LogP contribution in [0.3, 0.4) is 0 Å². The summed E-state index contributed by atoms with van der Waals surface area (Å²) < 4.78 is 6.64. The lowest BCUT2D eigenvalue weighted by Gasteiger charge is -2.39. The van der Waals surface area contributed by atoms with Crippen LogP contribution in [0.1, 0.15) is 27.8 Å². The lowest BCUT2D eigenvalue weighted by Crippen LogP contribution is -2.39. The molecule has 47 heavy (non-hydrogen) atoms. The largest absolute Gasteiger partial charge is 0.457 e. The third-order valence-electron chi connectivity index (χ3n) is 10.2. The quantitative estimate of drug-likeness (QED) is 0.201. The first-order valence-corrected chi connectivity index (χ1v) is 16.3. The predicted molar refractivity (Wildman–Crippen MR) is 191 cm³/mol. The van der Waals surface area contributed by atoms with Gasteiger partial charge in [0.15, 0.2) is 0 Å². The van der Waals surface area contributed by atoms with Crippen LogP contribution in [0.2, 0.25) is 0 Å². The molecule has 6 aromatic rings. The molecular weight excluding hydrogens is 572 g/mol.